The standard InChI is InChI=1S/C23H24F3N3O2S/c24-23(25,26)20-10-19(2-1-17(20)11-27)28-6-4-22(5-7-28)15-29(12-18(22)13-30)21(31)9-16-3-8-32-14-16/h1-3,8,10,14,18,30H,4-7,9,12-13,15H2. The number of halogens is 3. The number of piperidine rings is 1. The summed E-state index contributed by atoms with van der Waals surface area (Å²) in [5.41, 5.74) is -0.106. The van der Waals surface area contributed by atoms with E-state index in [1.165, 1.54) is 6.07 Å². The monoisotopic (exact) mass is 463 g/mol. The van der Waals surface area contributed by atoms with Gasteiger partial charge in [0.2, 0.25) is 5.91 Å². The number of benzene rings is 1. The number of anilines is 1. The van der Waals surface area contributed by atoms with Gasteiger partial charge in [-0.3, -0.25) is 4.79 Å². The van der Waals surface area contributed by atoms with Crippen LogP contribution in [-0.2, 0) is 17.4 Å². The Bertz CT molecular complexity index is 1010. The first-order valence-electron chi connectivity index (χ1n) is 10.5. The average molecular weight is 464 g/mol. The SMILES string of the molecule is N#Cc1ccc(N2CCC3(CC2)CN(C(=O)Cc2ccsc2)CC3CO)cc1C(F)(F)F. The number of alkyl halides is 3. The number of rotatable bonds is 4. The van der Waals surface area contributed by atoms with Crippen LogP contribution in [0.1, 0.15) is 29.5 Å². The molecule has 1 atom stereocenters. The molecule has 1 unspecified atom stereocenters. The molecule has 3 heterocycles. The summed E-state index contributed by atoms with van der Waals surface area (Å²) in [6.07, 6.45) is -2.88. The normalized spacial score (nSPS) is 20.5. The number of aliphatic hydroxyl groups excluding tert-OH is 1. The van der Waals surface area contributed by atoms with Crippen LogP contribution in [0, 0.1) is 22.7 Å². The van der Waals surface area contributed by atoms with Gasteiger partial charge in [-0.2, -0.15) is 29.8 Å². The second-order valence-electron chi connectivity index (χ2n) is 8.65. The minimum atomic E-state index is -4.59. The maximum absolute atomic E-state index is 13.3. The summed E-state index contributed by atoms with van der Waals surface area (Å²) in [7, 11) is 0. The molecule has 9 heteroatoms. The third kappa shape index (κ3) is 4.34. The second kappa shape index (κ2) is 8.75. The number of nitriles is 1. The van der Waals surface area contributed by atoms with Crippen molar-refractivity contribution in [3.05, 3.63) is 51.7 Å². The Morgan fingerprint density at radius 2 is 2.03 bits per heavy atom. The van der Waals surface area contributed by atoms with E-state index in [1.807, 2.05) is 26.6 Å². The fourth-order valence-electron chi connectivity index (χ4n) is 4.99. The average Bonchev–Trinajstić information content (AvgIpc) is 3.41. The molecule has 1 amide bonds. The Labute approximate surface area is 188 Å². The van der Waals surface area contributed by atoms with Crippen molar-refractivity contribution in [3.63, 3.8) is 0 Å². The molecule has 2 aliphatic heterocycles. The molecule has 5 nitrogen and oxygen atoms in total. The summed E-state index contributed by atoms with van der Waals surface area (Å²) < 4.78 is 40.0. The first-order valence-corrected chi connectivity index (χ1v) is 11.5. The zero-order chi connectivity index (χ0) is 22.9. The van der Waals surface area contributed by atoms with Crippen LogP contribution in [0.2, 0.25) is 0 Å². The topological polar surface area (TPSA) is 67.6 Å². The van der Waals surface area contributed by atoms with Gasteiger partial charge < -0.3 is 14.9 Å². The molecular weight excluding hydrogens is 439 g/mol. The Kier molecular flexibility index (Phi) is 6.19. The van der Waals surface area contributed by atoms with E-state index in [9.17, 15) is 23.1 Å². The van der Waals surface area contributed by atoms with E-state index in [2.05, 4.69) is 0 Å². The Balaban J connectivity index is 1.46. The van der Waals surface area contributed by atoms with Gasteiger partial charge in [0.05, 0.1) is 23.6 Å². The summed E-state index contributed by atoms with van der Waals surface area (Å²) >= 11 is 1.55. The predicted molar refractivity (Wildman–Crippen MR) is 115 cm³/mol. The molecular formula is C23H24F3N3O2S. The van der Waals surface area contributed by atoms with Gasteiger partial charge in [0.1, 0.15) is 0 Å². The number of hydrogen-bond acceptors (Lipinski definition) is 5. The number of thiophene rings is 1. The van der Waals surface area contributed by atoms with Gasteiger partial charge in [-0.05, 0) is 58.8 Å². The van der Waals surface area contributed by atoms with Crippen molar-refractivity contribution in [2.75, 3.05) is 37.7 Å². The fraction of sp³-hybridized carbons (Fsp3) is 0.478. The first-order chi connectivity index (χ1) is 15.3. The number of aliphatic hydroxyl groups is 1. The lowest BCUT2D eigenvalue weighted by Gasteiger charge is -2.43. The zero-order valence-electron chi connectivity index (χ0n) is 17.4. The Hall–Kier alpha value is -2.57. The van der Waals surface area contributed by atoms with Crippen LogP contribution in [0.15, 0.2) is 35.0 Å². The van der Waals surface area contributed by atoms with E-state index < -0.39 is 11.7 Å². The van der Waals surface area contributed by atoms with E-state index in [0.29, 0.717) is 51.1 Å². The van der Waals surface area contributed by atoms with Gasteiger partial charge in [0, 0.05) is 44.4 Å². The van der Waals surface area contributed by atoms with Gasteiger partial charge in [-0.15, -0.1) is 0 Å². The highest BCUT2D eigenvalue weighted by molar-refractivity contribution is 7.08. The van der Waals surface area contributed by atoms with Crippen molar-refractivity contribution in [3.8, 4) is 6.07 Å². The highest BCUT2D eigenvalue weighted by Gasteiger charge is 2.49. The Morgan fingerprint density at radius 1 is 1.28 bits per heavy atom. The van der Waals surface area contributed by atoms with Crippen LogP contribution in [0.25, 0.3) is 0 Å². The molecule has 32 heavy (non-hydrogen) atoms. The van der Waals surface area contributed by atoms with E-state index >= 15 is 0 Å². The van der Waals surface area contributed by atoms with Gasteiger partial charge in [0.25, 0.3) is 0 Å². The van der Waals surface area contributed by atoms with E-state index in [0.717, 1.165) is 11.6 Å². The van der Waals surface area contributed by atoms with Crippen molar-refractivity contribution in [1.29, 1.82) is 5.26 Å². The third-order valence-corrected chi connectivity index (χ3v) is 7.61. The van der Waals surface area contributed by atoms with Crippen molar-refractivity contribution in [2.24, 2.45) is 11.3 Å². The Morgan fingerprint density at radius 3 is 2.62 bits per heavy atom. The van der Waals surface area contributed by atoms with Gasteiger partial charge in [-0.25, -0.2) is 0 Å². The maximum Gasteiger partial charge on any atom is 0.417 e. The highest BCUT2D eigenvalue weighted by Crippen LogP contribution is 2.46. The molecule has 1 spiro atoms. The largest absolute Gasteiger partial charge is 0.417 e. The van der Waals surface area contributed by atoms with Crippen LogP contribution in [-0.4, -0.2) is 48.7 Å². The molecule has 2 saturated heterocycles. The number of likely N-dealkylation sites (tertiary alicyclic amines) is 1. The van der Waals surface area contributed by atoms with Crippen LogP contribution in [0.5, 0.6) is 0 Å². The maximum atomic E-state index is 13.3. The summed E-state index contributed by atoms with van der Waals surface area (Å²) in [5, 5.41) is 22.9. The smallest absolute Gasteiger partial charge is 0.396 e. The number of amides is 1. The lowest BCUT2D eigenvalue weighted by molar-refractivity contribution is -0.137. The molecule has 170 valence electrons. The van der Waals surface area contributed by atoms with Crippen molar-refractivity contribution < 1.29 is 23.1 Å². The molecule has 2 aromatic rings. The van der Waals surface area contributed by atoms with E-state index in [1.54, 1.807) is 23.5 Å². The molecule has 2 fully saturated rings. The van der Waals surface area contributed by atoms with Crippen LogP contribution in [0.3, 0.4) is 0 Å². The van der Waals surface area contributed by atoms with Crippen molar-refractivity contribution in [2.45, 2.75) is 25.4 Å². The number of carbonyl (C=O) groups excluding carboxylic acids is 1. The molecule has 1 N–H and O–H groups in total. The number of carbonyl (C=O) groups is 1. The van der Waals surface area contributed by atoms with Crippen molar-refractivity contribution >= 4 is 22.9 Å². The molecule has 1 aromatic heterocycles. The van der Waals surface area contributed by atoms with E-state index in [4.69, 9.17) is 5.26 Å². The molecule has 1 aromatic carbocycles. The molecule has 0 aliphatic carbocycles. The van der Waals surface area contributed by atoms with E-state index in [-0.39, 0.29) is 29.4 Å². The summed E-state index contributed by atoms with van der Waals surface area (Å²) in [6.45, 7) is 2.13. The minimum absolute atomic E-state index is 0.0165. The van der Waals surface area contributed by atoms with Crippen LogP contribution >= 0.6 is 11.3 Å². The van der Waals surface area contributed by atoms with Gasteiger partial charge in [0.15, 0.2) is 0 Å². The number of nitrogens with zero attached hydrogens (tertiary/aromatic N) is 3. The van der Waals surface area contributed by atoms with Crippen LogP contribution in [0.4, 0.5) is 18.9 Å². The molecule has 0 bridgehead atoms. The summed E-state index contributed by atoms with van der Waals surface area (Å²) in [6, 6.07) is 7.37. The lowest BCUT2D eigenvalue weighted by Crippen LogP contribution is -2.45. The molecule has 2 aliphatic rings. The zero-order valence-corrected chi connectivity index (χ0v) is 18.3. The van der Waals surface area contributed by atoms with Crippen LogP contribution < -0.4 is 4.90 Å². The lowest BCUT2D eigenvalue weighted by atomic mass is 9.71. The quantitative estimate of drug-likeness (QED) is 0.747. The van der Waals surface area contributed by atoms with Crippen molar-refractivity contribution in [1.82, 2.24) is 4.90 Å². The summed E-state index contributed by atoms with van der Waals surface area (Å²) in [5.74, 6) is 0.00541. The molecule has 4 rings (SSSR count). The van der Waals surface area contributed by atoms with Gasteiger partial charge in [-0.1, -0.05) is 0 Å². The number of hydrogen-bond donors (Lipinski definition) is 1. The molecule has 0 radical (unpaired) electrons. The van der Waals surface area contributed by atoms with Gasteiger partial charge >= 0.3 is 6.18 Å². The predicted octanol–water partition coefficient (Wildman–Crippen LogP) is 3.92. The minimum Gasteiger partial charge on any atom is -0.396 e. The fourth-order valence-corrected chi connectivity index (χ4v) is 5.66. The summed E-state index contributed by atoms with van der Waals surface area (Å²) in [4.78, 5) is 16.5. The third-order valence-electron chi connectivity index (χ3n) is 6.87. The second-order valence-corrected chi connectivity index (χ2v) is 9.43. The highest BCUT2D eigenvalue weighted by atomic mass is 32.1. The first kappa shape index (κ1) is 22.6. The molecule has 0 saturated carbocycles.